The van der Waals surface area contributed by atoms with Gasteiger partial charge in [-0.1, -0.05) is 108 Å². The molecule has 1 nitrogen and oxygen atoms in total. The van der Waals surface area contributed by atoms with Gasteiger partial charge in [0.1, 0.15) is 0 Å². The van der Waals surface area contributed by atoms with Gasteiger partial charge in [-0.05, 0) is 41.5 Å². The number of para-hydroxylation sites is 1. The first-order chi connectivity index (χ1) is 19.5. The van der Waals surface area contributed by atoms with E-state index in [1.165, 1.54) is 84.5 Å². The van der Waals surface area contributed by atoms with Gasteiger partial charge in [-0.2, -0.15) is 6.07 Å². The fraction of sp³-hybridized carbons (Fsp3) is 0.275. The number of aryl methyl sites for hydroxylation is 2. The molecule has 4 aromatic carbocycles. The van der Waals surface area contributed by atoms with Crippen molar-refractivity contribution in [3.63, 3.8) is 0 Å². The van der Waals surface area contributed by atoms with Gasteiger partial charge in [-0.15, -0.1) is 88.2 Å². The summed E-state index contributed by atoms with van der Waals surface area (Å²) in [6, 6.07) is 29.1. The molecule has 2 aliphatic rings. The van der Waals surface area contributed by atoms with Crippen molar-refractivity contribution in [3.05, 3.63) is 145 Å². The monoisotopic (exact) mass is 731 g/mol. The Morgan fingerprint density at radius 3 is 2.04 bits per heavy atom. The summed E-state index contributed by atoms with van der Waals surface area (Å²) in [5.41, 5.74) is 12.1. The van der Waals surface area contributed by atoms with Gasteiger partial charge in [0.05, 0.1) is 0 Å². The first-order valence-electron chi connectivity index (χ1n) is 14.5. The molecule has 0 saturated heterocycles. The summed E-state index contributed by atoms with van der Waals surface area (Å²) in [6.07, 6.45) is 8.11. The molecule has 0 bridgehead atoms. The minimum absolute atomic E-state index is 0. The van der Waals surface area contributed by atoms with Crippen LogP contribution >= 0.6 is 24.8 Å². The number of allylic oxidation sites excluding steroid dienone is 3. The zero-order chi connectivity index (χ0) is 29.9. The van der Waals surface area contributed by atoms with E-state index < -0.39 is 0 Å². The van der Waals surface area contributed by atoms with E-state index in [1.54, 1.807) is 0 Å². The molecule has 0 amide bonds. The van der Waals surface area contributed by atoms with Crippen molar-refractivity contribution in [3.8, 4) is 11.1 Å². The predicted molar refractivity (Wildman–Crippen MR) is 202 cm³/mol. The van der Waals surface area contributed by atoms with Crippen molar-refractivity contribution < 1.29 is 23.3 Å². The molecular weight excluding hydrogens is 685 g/mol. The van der Waals surface area contributed by atoms with Gasteiger partial charge in [0.15, 0.2) is 0 Å². The van der Waals surface area contributed by atoms with Gasteiger partial charge < -0.3 is 19.8 Å². The number of benzene rings is 3. The Labute approximate surface area is 303 Å². The topological polar surface area (TPSA) is 3.24 Å². The standard InChI is InChI=1S/C21H23.C17H18N.2CH3.2ClH.Si.Zr/c1-14-12-19-15(2)6-11-18(20(19)13-14)16-7-9-17(10-8-16)21(3,4)5;1-12(2)14-10-15-9-13(3)18(17(15)11-14)16-7-5-4-6-8-16;;;;;;/h6-13H,1-5H3;4-9,11-13H,1-3H3;2*1H3;2*1H;;/q4*-1;;;;. The number of rotatable bonds is 3. The molecule has 1 aliphatic heterocycles. The first kappa shape index (κ1) is 43.0. The predicted octanol–water partition coefficient (Wildman–Crippen LogP) is 11.6. The van der Waals surface area contributed by atoms with Crippen LogP contribution < -0.4 is 4.90 Å². The molecule has 240 valence electrons. The third kappa shape index (κ3) is 9.74. The number of hydrogen-bond donors (Lipinski definition) is 0. The number of anilines is 1. The van der Waals surface area contributed by atoms with E-state index in [4.69, 9.17) is 0 Å². The summed E-state index contributed by atoms with van der Waals surface area (Å²) in [5.74, 6) is 0.539. The molecule has 0 spiro atoms. The number of fused-ring (bicyclic) bond motifs is 2. The van der Waals surface area contributed by atoms with E-state index in [1.807, 2.05) is 0 Å². The maximum absolute atomic E-state index is 3.53. The Balaban J connectivity index is 0.000000758. The van der Waals surface area contributed by atoms with Crippen molar-refractivity contribution in [2.24, 2.45) is 5.92 Å². The van der Waals surface area contributed by atoms with E-state index in [2.05, 4.69) is 164 Å². The van der Waals surface area contributed by atoms with E-state index in [9.17, 15) is 0 Å². The Bertz CT molecular complexity index is 1610. The minimum atomic E-state index is 0. The molecule has 5 heteroatoms. The van der Waals surface area contributed by atoms with Crippen LogP contribution in [0.25, 0.3) is 21.9 Å². The second kappa shape index (κ2) is 18.3. The molecule has 0 saturated carbocycles. The van der Waals surface area contributed by atoms with Gasteiger partial charge in [0, 0.05) is 11.7 Å². The van der Waals surface area contributed by atoms with Crippen LogP contribution in [0.5, 0.6) is 0 Å². The molecule has 0 aromatic heterocycles. The van der Waals surface area contributed by atoms with Crippen LogP contribution in [0.15, 0.2) is 108 Å². The second-order valence-electron chi connectivity index (χ2n) is 12.4. The van der Waals surface area contributed by atoms with E-state index in [0.29, 0.717) is 12.0 Å². The zero-order valence-corrected chi connectivity index (χ0v) is 33.7. The summed E-state index contributed by atoms with van der Waals surface area (Å²) >= 11 is 1.36. The van der Waals surface area contributed by atoms with E-state index >= 15 is 0 Å². The molecule has 1 heterocycles. The van der Waals surface area contributed by atoms with Crippen molar-refractivity contribution in [2.45, 2.75) is 66.8 Å². The van der Waals surface area contributed by atoms with Crippen molar-refractivity contribution in [1.82, 2.24) is 0 Å². The second-order valence-corrected chi connectivity index (χ2v) is 12.4. The number of hydrogen-bond acceptors (Lipinski definition) is 1. The van der Waals surface area contributed by atoms with Crippen molar-refractivity contribution in [1.29, 1.82) is 0 Å². The molecule has 4 aromatic rings. The third-order valence-electron chi connectivity index (χ3n) is 7.89. The zero-order valence-electron chi connectivity index (χ0n) is 28.6. The summed E-state index contributed by atoms with van der Waals surface area (Å²) in [5, 5.41) is 2.75. The molecule has 0 fully saturated rings. The number of halogens is 2. The molecule has 0 N–H and O–H groups in total. The normalized spacial score (nSPS) is 14.4. The Morgan fingerprint density at radius 1 is 0.889 bits per heavy atom. The van der Waals surface area contributed by atoms with Gasteiger partial charge >= 0.3 is 30.2 Å². The average Bonchev–Trinajstić information content (AvgIpc) is 3.63. The first-order valence-corrected chi connectivity index (χ1v) is 18.7. The van der Waals surface area contributed by atoms with Crippen LogP contribution in [-0.2, 0) is 28.8 Å². The summed E-state index contributed by atoms with van der Waals surface area (Å²) in [7, 11) is 0. The van der Waals surface area contributed by atoms with Crippen LogP contribution in [0.1, 0.15) is 58.2 Å². The van der Waals surface area contributed by atoms with Gasteiger partial charge in [-0.3, -0.25) is 0 Å². The Morgan fingerprint density at radius 2 is 1.49 bits per heavy atom. The molecule has 6 rings (SSSR count). The maximum atomic E-state index is 3.53. The van der Waals surface area contributed by atoms with Gasteiger partial charge in [0.2, 0.25) is 0 Å². The third-order valence-corrected chi connectivity index (χ3v) is 7.89. The van der Waals surface area contributed by atoms with Crippen molar-refractivity contribution >= 4 is 48.2 Å². The quantitative estimate of drug-likeness (QED) is 0.150. The van der Waals surface area contributed by atoms with Crippen LogP contribution in [0.3, 0.4) is 0 Å². The van der Waals surface area contributed by atoms with E-state index in [-0.39, 0.29) is 45.1 Å². The molecule has 1 aliphatic carbocycles. The van der Waals surface area contributed by atoms with Crippen LogP contribution in [0, 0.1) is 40.7 Å². The average molecular weight is 734 g/mol. The van der Waals surface area contributed by atoms with Crippen LogP contribution in [0.2, 0.25) is 0 Å². The Hall–Kier alpha value is -2.03. The molecule has 2 radical (unpaired) electrons. The SMILES string of the molecule is CC(C)C1=[C-]C2=CC(C)N(c3ccccc3)C2=C1.Cc1cc2c(-c3ccc(C(C)(C)C)cc3)ccc(C)c2[cH-]1.Cl.Cl.[CH3-].[CH3-].[Si]=[Zr]. The Kier molecular flexibility index (Phi) is 17.5. The molecule has 1 unspecified atom stereocenters. The van der Waals surface area contributed by atoms with Gasteiger partial charge in [0.25, 0.3) is 0 Å². The number of nitrogens with zero attached hydrogens (tertiary/aromatic N) is 1. The summed E-state index contributed by atoms with van der Waals surface area (Å²) < 4.78 is 0. The summed E-state index contributed by atoms with van der Waals surface area (Å²) in [4.78, 5) is 2.39. The van der Waals surface area contributed by atoms with Crippen LogP contribution in [0.4, 0.5) is 5.69 Å². The van der Waals surface area contributed by atoms with Gasteiger partial charge in [-0.25, -0.2) is 0 Å². The molecule has 45 heavy (non-hydrogen) atoms. The fourth-order valence-electron chi connectivity index (χ4n) is 5.61. The fourth-order valence-corrected chi connectivity index (χ4v) is 5.61. The molecule has 1 atom stereocenters. The molecular formula is C40H49Cl2NSiZr-4. The van der Waals surface area contributed by atoms with Crippen LogP contribution in [-0.4, -0.2) is 12.9 Å². The van der Waals surface area contributed by atoms with E-state index in [0.717, 1.165) is 0 Å². The van der Waals surface area contributed by atoms with Crippen molar-refractivity contribution in [2.75, 3.05) is 4.90 Å². The summed E-state index contributed by atoms with van der Waals surface area (Å²) in [6.45, 7) is 20.9.